The Morgan fingerprint density at radius 1 is 1.17 bits per heavy atom. The van der Waals surface area contributed by atoms with E-state index >= 15 is 0 Å². The Balaban J connectivity index is 1.73. The number of carbonyl (C=O) groups is 1. The fourth-order valence-electron chi connectivity index (χ4n) is 2.99. The van der Waals surface area contributed by atoms with Gasteiger partial charge >= 0.3 is 5.97 Å². The van der Waals surface area contributed by atoms with Crippen LogP contribution >= 0.6 is 0 Å². The molecule has 4 atom stereocenters. The molecule has 0 aliphatic carbocycles. The van der Waals surface area contributed by atoms with E-state index in [2.05, 4.69) is 20.4 Å². The van der Waals surface area contributed by atoms with E-state index in [0.717, 1.165) is 31.8 Å². The van der Waals surface area contributed by atoms with Crippen LogP contribution in [-0.2, 0) is 23.7 Å². The first-order chi connectivity index (χ1) is 14.5. The van der Waals surface area contributed by atoms with Gasteiger partial charge in [0.25, 0.3) is 0 Å². The fraction of sp³-hybridized carbons (Fsp3) is 0.625. The van der Waals surface area contributed by atoms with Gasteiger partial charge in [0.05, 0.1) is 19.8 Å². The minimum Gasteiger partial charge on any atom is -0.490 e. The van der Waals surface area contributed by atoms with Gasteiger partial charge in [-0.1, -0.05) is 45.0 Å². The molecule has 30 heavy (non-hydrogen) atoms. The number of ether oxygens (including phenoxy) is 5. The highest BCUT2D eigenvalue weighted by molar-refractivity contribution is 5.87. The van der Waals surface area contributed by atoms with Gasteiger partial charge < -0.3 is 23.7 Å². The van der Waals surface area contributed by atoms with Crippen LogP contribution in [0, 0.1) is 11.8 Å². The van der Waals surface area contributed by atoms with E-state index < -0.39 is 12.1 Å². The van der Waals surface area contributed by atoms with Crippen LogP contribution in [0.1, 0.15) is 33.6 Å². The molecule has 0 aromatic heterocycles. The summed E-state index contributed by atoms with van der Waals surface area (Å²) in [5, 5.41) is 0. The molecule has 1 aromatic rings. The number of hydrogen-bond acceptors (Lipinski definition) is 6. The summed E-state index contributed by atoms with van der Waals surface area (Å²) in [6, 6.07) is 9.45. The second kappa shape index (κ2) is 13.4. The van der Waals surface area contributed by atoms with Crippen LogP contribution in [0.15, 0.2) is 42.5 Å². The molecule has 6 heteroatoms. The zero-order valence-electron chi connectivity index (χ0n) is 18.5. The quantitative estimate of drug-likeness (QED) is 0.228. The number of para-hydroxylation sites is 1. The fourth-order valence-corrected chi connectivity index (χ4v) is 2.99. The van der Waals surface area contributed by atoms with E-state index in [4.69, 9.17) is 23.7 Å². The molecule has 0 bridgehead atoms. The summed E-state index contributed by atoms with van der Waals surface area (Å²) >= 11 is 0. The molecule has 0 amide bonds. The molecule has 1 aromatic carbocycles. The molecule has 0 radical (unpaired) electrons. The first-order valence-corrected chi connectivity index (χ1v) is 10.8. The SMILES string of the molecule is C=C(C)C(=O)OC(COCC(CC)CC(C)COCC1CO1)COc1ccccc1. The van der Waals surface area contributed by atoms with Crippen molar-refractivity contribution in [1.29, 1.82) is 0 Å². The van der Waals surface area contributed by atoms with Crippen LogP contribution in [0.2, 0.25) is 0 Å². The van der Waals surface area contributed by atoms with Crippen LogP contribution < -0.4 is 4.74 Å². The number of carbonyl (C=O) groups excluding carboxylic acids is 1. The molecule has 4 unspecified atom stereocenters. The first kappa shape index (κ1) is 24.4. The number of rotatable bonds is 16. The van der Waals surface area contributed by atoms with Gasteiger partial charge in [0, 0.05) is 18.8 Å². The Hall–Kier alpha value is -1.89. The second-order valence-corrected chi connectivity index (χ2v) is 8.08. The zero-order valence-corrected chi connectivity index (χ0v) is 18.5. The first-order valence-electron chi connectivity index (χ1n) is 10.8. The lowest BCUT2D eigenvalue weighted by molar-refractivity contribution is -0.149. The highest BCUT2D eigenvalue weighted by Gasteiger charge is 2.23. The smallest absolute Gasteiger partial charge is 0.333 e. The molecule has 0 N–H and O–H groups in total. The summed E-state index contributed by atoms with van der Waals surface area (Å²) < 4.78 is 28.0. The van der Waals surface area contributed by atoms with Crippen molar-refractivity contribution in [2.24, 2.45) is 11.8 Å². The predicted molar refractivity (Wildman–Crippen MR) is 116 cm³/mol. The Bertz CT molecular complexity index is 628. The maximum atomic E-state index is 12.0. The van der Waals surface area contributed by atoms with Crippen molar-refractivity contribution in [3.05, 3.63) is 42.5 Å². The molecule has 2 rings (SSSR count). The summed E-state index contributed by atoms with van der Waals surface area (Å²) in [6.07, 6.45) is 1.86. The lowest BCUT2D eigenvalue weighted by Crippen LogP contribution is -2.31. The van der Waals surface area contributed by atoms with Crippen LogP contribution in [-0.4, -0.2) is 57.8 Å². The normalized spacial score (nSPS) is 18.3. The largest absolute Gasteiger partial charge is 0.490 e. The molecule has 0 spiro atoms. The number of benzene rings is 1. The maximum absolute atomic E-state index is 12.0. The zero-order chi connectivity index (χ0) is 21.8. The molecule has 1 aliphatic heterocycles. The minimum absolute atomic E-state index is 0.229. The number of esters is 1. The molecule has 1 heterocycles. The predicted octanol–water partition coefficient (Wildman–Crippen LogP) is 4.04. The average Bonchev–Trinajstić information content (AvgIpc) is 3.56. The standard InChI is InChI=1S/C24H36O6/c1-5-20(11-19(4)12-26-14-22-16-29-22)13-27-15-23(30-24(25)18(2)3)17-28-21-9-7-6-8-10-21/h6-10,19-20,22-23H,2,5,11-17H2,1,3-4H3. The third-order valence-corrected chi connectivity index (χ3v) is 4.88. The van der Waals surface area contributed by atoms with E-state index in [9.17, 15) is 4.79 Å². The molecule has 1 fully saturated rings. The van der Waals surface area contributed by atoms with Crippen molar-refractivity contribution >= 4 is 5.97 Å². The molecule has 0 saturated carbocycles. The topological polar surface area (TPSA) is 66.5 Å². The summed E-state index contributed by atoms with van der Waals surface area (Å²) in [5.74, 6) is 1.17. The van der Waals surface area contributed by atoms with Crippen LogP contribution in [0.4, 0.5) is 0 Å². The van der Waals surface area contributed by atoms with Crippen molar-refractivity contribution in [1.82, 2.24) is 0 Å². The van der Waals surface area contributed by atoms with Crippen LogP contribution in [0.5, 0.6) is 5.75 Å². The minimum atomic E-state index is -0.494. The Morgan fingerprint density at radius 2 is 1.90 bits per heavy atom. The van der Waals surface area contributed by atoms with Gasteiger partial charge in [-0.25, -0.2) is 4.79 Å². The van der Waals surface area contributed by atoms with Crippen molar-refractivity contribution in [2.45, 2.75) is 45.8 Å². The van der Waals surface area contributed by atoms with E-state index in [0.29, 0.717) is 36.7 Å². The van der Waals surface area contributed by atoms with Gasteiger partial charge in [-0.15, -0.1) is 0 Å². The monoisotopic (exact) mass is 420 g/mol. The highest BCUT2D eigenvalue weighted by atomic mass is 16.6. The van der Waals surface area contributed by atoms with E-state index in [-0.39, 0.29) is 13.2 Å². The lowest BCUT2D eigenvalue weighted by Gasteiger charge is -2.22. The summed E-state index contributed by atoms with van der Waals surface area (Å²) in [5.41, 5.74) is 0.358. The highest BCUT2D eigenvalue weighted by Crippen LogP contribution is 2.18. The molecule has 1 saturated heterocycles. The van der Waals surface area contributed by atoms with Gasteiger partial charge in [-0.05, 0) is 37.3 Å². The summed E-state index contributed by atoms with van der Waals surface area (Å²) in [4.78, 5) is 12.0. The van der Waals surface area contributed by atoms with Gasteiger partial charge in [0.2, 0.25) is 0 Å². The second-order valence-electron chi connectivity index (χ2n) is 8.08. The molecule has 168 valence electrons. The number of epoxide rings is 1. The number of hydrogen-bond donors (Lipinski definition) is 0. The van der Waals surface area contributed by atoms with Crippen molar-refractivity contribution in [3.8, 4) is 5.75 Å². The average molecular weight is 421 g/mol. The van der Waals surface area contributed by atoms with Crippen molar-refractivity contribution in [2.75, 3.05) is 39.6 Å². The Labute approximate surface area is 180 Å². The third-order valence-electron chi connectivity index (χ3n) is 4.88. The Kier molecular flexibility index (Phi) is 10.9. The maximum Gasteiger partial charge on any atom is 0.333 e. The van der Waals surface area contributed by atoms with Gasteiger partial charge in [-0.2, -0.15) is 0 Å². The van der Waals surface area contributed by atoms with Gasteiger partial charge in [0.15, 0.2) is 6.10 Å². The van der Waals surface area contributed by atoms with Gasteiger partial charge in [-0.3, -0.25) is 0 Å². The molecular formula is C24H36O6. The van der Waals surface area contributed by atoms with E-state index in [1.807, 2.05) is 30.3 Å². The molecule has 1 aliphatic rings. The lowest BCUT2D eigenvalue weighted by atomic mass is 9.95. The van der Waals surface area contributed by atoms with Crippen LogP contribution in [0.25, 0.3) is 0 Å². The third kappa shape index (κ3) is 10.2. The van der Waals surface area contributed by atoms with Crippen molar-refractivity contribution < 1.29 is 28.5 Å². The summed E-state index contributed by atoms with van der Waals surface area (Å²) in [7, 11) is 0. The van der Waals surface area contributed by atoms with E-state index in [1.54, 1.807) is 6.92 Å². The Morgan fingerprint density at radius 3 is 2.53 bits per heavy atom. The van der Waals surface area contributed by atoms with Gasteiger partial charge in [0.1, 0.15) is 18.5 Å². The van der Waals surface area contributed by atoms with E-state index in [1.165, 1.54) is 0 Å². The van der Waals surface area contributed by atoms with Crippen molar-refractivity contribution in [3.63, 3.8) is 0 Å². The molecular weight excluding hydrogens is 384 g/mol. The summed E-state index contributed by atoms with van der Waals surface area (Å²) in [6.45, 7) is 13.0. The molecule has 6 nitrogen and oxygen atoms in total. The van der Waals surface area contributed by atoms with Crippen LogP contribution in [0.3, 0.4) is 0 Å².